The maximum absolute atomic E-state index is 12.8. The fourth-order valence-electron chi connectivity index (χ4n) is 4.27. The Bertz CT molecular complexity index is 1360. The number of nitrogens with one attached hydrogen (secondary N) is 1. The minimum atomic E-state index is -1.38. The summed E-state index contributed by atoms with van der Waals surface area (Å²) in [6.45, 7) is -0.215. The molecule has 1 aromatic heterocycles. The number of carboxylic acid groups (broad SMARTS) is 1. The monoisotopic (exact) mass is 614 g/mol. The molecule has 0 bridgehead atoms. The Hall–Kier alpha value is -3.02. The van der Waals surface area contributed by atoms with Gasteiger partial charge in [0.1, 0.15) is 11.7 Å². The predicted molar refractivity (Wildman–Crippen MR) is 147 cm³/mol. The van der Waals surface area contributed by atoms with Crippen LogP contribution < -0.4 is 10.2 Å². The quantitative estimate of drug-likeness (QED) is 0.313. The highest BCUT2D eigenvalue weighted by molar-refractivity contribution is 6.54. The number of halogens is 4. The van der Waals surface area contributed by atoms with Gasteiger partial charge in [-0.05, 0) is 24.3 Å². The van der Waals surface area contributed by atoms with E-state index in [1.54, 1.807) is 48.5 Å². The van der Waals surface area contributed by atoms with E-state index in [4.69, 9.17) is 50.9 Å². The van der Waals surface area contributed by atoms with Crippen molar-refractivity contribution in [3.63, 3.8) is 0 Å². The molecule has 0 saturated carbocycles. The highest BCUT2D eigenvalue weighted by Gasteiger charge is 2.39. The third-order valence-corrected chi connectivity index (χ3v) is 7.09. The average Bonchev–Trinajstić information content (AvgIpc) is 3.53. The summed E-state index contributed by atoms with van der Waals surface area (Å²) in [4.78, 5) is 37.6. The van der Waals surface area contributed by atoms with Crippen molar-refractivity contribution in [1.82, 2.24) is 15.4 Å². The Kier molecular flexibility index (Phi) is 9.24. The number of likely N-dealkylation sites (tertiary alicyclic amines) is 1. The Balaban J connectivity index is 1.52. The zero-order valence-electron chi connectivity index (χ0n) is 20.1. The lowest BCUT2D eigenvalue weighted by Crippen LogP contribution is -2.48. The lowest BCUT2D eigenvalue weighted by Gasteiger charge is -2.25. The van der Waals surface area contributed by atoms with Gasteiger partial charge in [-0.3, -0.25) is 14.5 Å². The summed E-state index contributed by atoms with van der Waals surface area (Å²) in [6.07, 6.45) is -2.26. The molecule has 206 valence electrons. The maximum Gasteiger partial charge on any atom is 0.408 e. The van der Waals surface area contributed by atoms with Crippen LogP contribution in [0.1, 0.15) is 6.42 Å². The van der Waals surface area contributed by atoms with Crippen LogP contribution in [0, 0.1) is 0 Å². The van der Waals surface area contributed by atoms with Crippen molar-refractivity contribution < 1.29 is 29.1 Å². The summed E-state index contributed by atoms with van der Waals surface area (Å²) in [7, 11) is 0. The van der Waals surface area contributed by atoms with Gasteiger partial charge in [0, 0.05) is 42.4 Å². The van der Waals surface area contributed by atoms with Gasteiger partial charge < -0.3 is 25.0 Å². The van der Waals surface area contributed by atoms with Crippen LogP contribution in [-0.4, -0.2) is 74.8 Å². The minimum Gasteiger partial charge on any atom is -0.465 e. The maximum atomic E-state index is 12.8. The van der Waals surface area contributed by atoms with Gasteiger partial charge in [0.05, 0.1) is 22.7 Å². The summed E-state index contributed by atoms with van der Waals surface area (Å²) in [6, 6.07) is 12.5. The van der Waals surface area contributed by atoms with Crippen LogP contribution in [0.25, 0.3) is 22.6 Å². The Morgan fingerprint density at radius 3 is 2.49 bits per heavy atom. The summed E-state index contributed by atoms with van der Waals surface area (Å²) in [5, 5.41) is 26.6. The molecule has 1 fully saturated rings. The number of carbonyl (C=O) groups is 3. The van der Waals surface area contributed by atoms with E-state index >= 15 is 0 Å². The first kappa shape index (κ1) is 29.0. The molecule has 39 heavy (non-hydrogen) atoms. The van der Waals surface area contributed by atoms with Crippen molar-refractivity contribution in [2.24, 2.45) is 0 Å². The molecule has 4 rings (SSSR count). The van der Waals surface area contributed by atoms with Gasteiger partial charge in [0.25, 0.3) is 5.91 Å². The van der Waals surface area contributed by atoms with Gasteiger partial charge in [-0.1, -0.05) is 69.8 Å². The summed E-state index contributed by atoms with van der Waals surface area (Å²) < 4.78 is 5.51. The molecule has 14 heteroatoms. The number of benzene rings is 2. The number of carbonyl (C=O) groups excluding carboxylic acids is 2. The van der Waals surface area contributed by atoms with E-state index < -0.39 is 34.9 Å². The highest BCUT2D eigenvalue weighted by Crippen LogP contribution is 2.36. The van der Waals surface area contributed by atoms with E-state index in [1.807, 2.05) is 0 Å². The number of hydrogen-bond acceptors (Lipinski definition) is 6. The zero-order valence-corrected chi connectivity index (χ0v) is 23.1. The van der Waals surface area contributed by atoms with E-state index in [0.29, 0.717) is 38.3 Å². The molecule has 2 unspecified atom stereocenters. The van der Waals surface area contributed by atoms with Crippen LogP contribution in [0.5, 0.6) is 0 Å². The lowest BCUT2D eigenvalue weighted by atomic mass is 10.1. The molecule has 2 atom stereocenters. The van der Waals surface area contributed by atoms with E-state index in [2.05, 4.69) is 10.5 Å². The molecule has 1 saturated heterocycles. The number of nitrogens with zero attached hydrogens (tertiary/aromatic N) is 3. The number of anilines is 1. The molecule has 1 aliphatic rings. The topological polar surface area (TPSA) is 136 Å². The van der Waals surface area contributed by atoms with Gasteiger partial charge in [-0.15, -0.1) is 0 Å². The summed E-state index contributed by atoms with van der Waals surface area (Å²) in [5.74, 6) is -0.838. The lowest BCUT2D eigenvalue weighted by molar-refractivity contribution is -0.125. The number of alkyl halides is 2. The van der Waals surface area contributed by atoms with Crippen LogP contribution >= 0.6 is 46.4 Å². The van der Waals surface area contributed by atoms with Gasteiger partial charge in [-0.25, -0.2) is 4.79 Å². The first-order valence-electron chi connectivity index (χ1n) is 11.6. The van der Waals surface area contributed by atoms with E-state index in [-0.39, 0.29) is 26.1 Å². The van der Waals surface area contributed by atoms with E-state index in [1.165, 1.54) is 4.90 Å². The van der Waals surface area contributed by atoms with Gasteiger partial charge in [-0.2, -0.15) is 0 Å². The zero-order chi connectivity index (χ0) is 28.3. The third kappa shape index (κ3) is 6.59. The van der Waals surface area contributed by atoms with Crippen molar-refractivity contribution >= 4 is 70.0 Å². The Labute approximate surface area is 243 Å². The van der Waals surface area contributed by atoms with Gasteiger partial charge in [0.15, 0.2) is 10.6 Å². The normalized spacial score (nSPS) is 16.9. The third-order valence-electron chi connectivity index (χ3n) is 6.09. The number of β-amino-alcohol motifs (C(OH)–C–C–N with tert-alkyl or cyclic N) is 1. The van der Waals surface area contributed by atoms with Gasteiger partial charge in [0.2, 0.25) is 5.91 Å². The molecular formula is C25H22Cl4N4O6. The molecule has 3 amide bonds. The number of aliphatic hydroxyl groups excluding tert-OH is 1. The van der Waals surface area contributed by atoms with Crippen molar-refractivity contribution in [2.75, 3.05) is 24.5 Å². The van der Waals surface area contributed by atoms with Crippen LogP contribution in [0.15, 0.2) is 53.1 Å². The molecule has 0 radical (unpaired) electrons. The SMILES string of the molecule is O=C(NCCN(C(=O)C(Cl)Cl)c1cccc(-c2cc(-c3c(Cl)cccc3Cl)no2)c1)C1CC(O)CN1C(=O)O. The van der Waals surface area contributed by atoms with Crippen LogP contribution in [0.4, 0.5) is 10.5 Å². The second kappa shape index (κ2) is 12.4. The highest BCUT2D eigenvalue weighted by atomic mass is 35.5. The predicted octanol–water partition coefficient (Wildman–Crippen LogP) is 4.68. The van der Waals surface area contributed by atoms with Crippen LogP contribution in [0.3, 0.4) is 0 Å². The van der Waals surface area contributed by atoms with Crippen molar-refractivity contribution in [2.45, 2.75) is 23.4 Å². The fourth-order valence-corrected chi connectivity index (χ4v) is 5.09. The molecule has 2 aromatic carbocycles. The standard InChI is InChI=1S/C25H22Cl4N4O6/c26-16-5-2-6-17(27)21(16)18-11-20(39-31-18)13-3-1-4-14(9-13)32(24(36)22(28)29)8-7-30-23(35)19-10-15(34)12-33(19)25(37)38/h1-6,9,11,15,19,22,34H,7-8,10,12H2,(H,30,35)(H,37,38). The second-order valence-electron chi connectivity index (χ2n) is 8.65. The molecule has 2 heterocycles. The van der Waals surface area contributed by atoms with Crippen LogP contribution in [0.2, 0.25) is 10.0 Å². The first-order chi connectivity index (χ1) is 18.6. The second-order valence-corrected chi connectivity index (χ2v) is 10.6. The first-order valence-corrected chi connectivity index (χ1v) is 13.3. The van der Waals surface area contributed by atoms with Crippen LogP contribution in [-0.2, 0) is 9.59 Å². The number of aromatic nitrogens is 1. The summed E-state index contributed by atoms with van der Waals surface area (Å²) in [5.41, 5.74) is 1.93. The van der Waals surface area contributed by atoms with Gasteiger partial charge >= 0.3 is 6.09 Å². The fraction of sp³-hybridized carbons (Fsp3) is 0.280. The molecule has 0 aliphatic carbocycles. The Morgan fingerprint density at radius 2 is 1.82 bits per heavy atom. The number of hydrogen-bond donors (Lipinski definition) is 3. The van der Waals surface area contributed by atoms with Crippen molar-refractivity contribution in [3.8, 4) is 22.6 Å². The minimum absolute atomic E-state index is 0.0210. The smallest absolute Gasteiger partial charge is 0.408 e. The largest absolute Gasteiger partial charge is 0.465 e. The molecule has 3 aromatic rings. The van der Waals surface area contributed by atoms with Crippen molar-refractivity contribution in [1.29, 1.82) is 0 Å². The number of aliphatic hydroxyl groups is 1. The molecular weight excluding hydrogens is 594 g/mol. The van der Waals surface area contributed by atoms with E-state index in [0.717, 1.165) is 4.90 Å². The molecule has 0 spiro atoms. The summed E-state index contributed by atoms with van der Waals surface area (Å²) >= 11 is 24.3. The molecule has 10 nitrogen and oxygen atoms in total. The molecule has 1 aliphatic heterocycles. The average molecular weight is 616 g/mol. The van der Waals surface area contributed by atoms with Crippen molar-refractivity contribution in [3.05, 3.63) is 58.6 Å². The molecule has 3 N–H and O–H groups in total. The number of rotatable bonds is 8. The number of amides is 3. The van der Waals surface area contributed by atoms with E-state index in [9.17, 15) is 24.6 Å². The Morgan fingerprint density at radius 1 is 1.13 bits per heavy atom.